The smallest absolute Gasteiger partial charge is 0.340 e. The third-order valence-corrected chi connectivity index (χ3v) is 8.28. The van der Waals surface area contributed by atoms with E-state index in [0.717, 1.165) is 46.7 Å². The van der Waals surface area contributed by atoms with Crippen molar-refractivity contribution < 1.29 is 14.3 Å². The number of carbonyl (C=O) groups excluding carboxylic acids is 1. The lowest BCUT2D eigenvalue weighted by molar-refractivity contribution is 0.0224. The summed E-state index contributed by atoms with van der Waals surface area (Å²) in [6.07, 6.45) is 3.83. The Labute approximate surface area is 227 Å². The molecule has 1 saturated heterocycles. The van der Waals surface area contributed by atoms with E-state index >= 15 is 0 Å². The molecule has 4 aromatic carbocycles. The lowest BCUT2D eigenvalue weighted by Gasteiger charge is -2.37. The van der Waals surface area contributed by atoms with Gasteiger partial charge in [-0.3, -0.25) is 0 Å². The minimum Gasteiger partial charge on any atom is -0.456 e. The predicted molar refractivity (Wildman–Crippen MR) is 150 cm³/mol. The van der Waals surface area contributed by atoms with Gasteiger partial charge in [0.25, 0.3) is 0 Å². The first-order valence-corrected chi connectivity index (χ1v) is 13.5. The van der Waals surface area contributed by atoms with Crippen molar-refractivity contribution in [2.75, 3.05) is 23.3 Å². The zero-order valence-corrected chi connectivity index (χ0v) is 21.8. The van der Waals surface area contributed by atoms with E-state index in [-0.39, 0.29) is 5.97 Å². The van der Waals surface area contributed by atoms with Gasteiger partial charge in [-0.15, -0.1) is 0 Å². The summed E-state index contributed by atoms with van der Waals surface area (Å²) in [6, 6.07) is 25.8. The second-order valence-electron chi connectivity index (χ2n) is 10.2. The van der Waals surface area contributed by atoms with Crippen molar-refractivity contribution in [2.24, 2.45) is 0 Å². The second-order valence-corrected chi connectivity index (χ2v) is 10.7. The van der Waals surface area contributed by atoms with Gasteiger partial charge in [0.05, 0.1) is 5.56 Å². The lowest BCUT2D eigenvalue weighted by atomic mass is 9.77. The maximum absolute atomic E-state index is 13.0. The Kier molecular flexibility index (Phi) is 5.38. The number of rotatable bonds is 3. The Morgan fingerprint density at radius 1 is 0.816 bits per heavy atom. The van der Waals surface area contributed by atoms with Crippen LogP contribution in [0.5, 0.6) is 11.5 Å². The van der Waals surface area contributed by atoms with Gasteiger partial charge in [-0.25, -0.2) is 4.79 Å². The van der Waals surface area contributed by atoms with Crippen molar-refractivity contribution in [3.63, 3.8) is 0 Å². The summed E-state index contributed by atoms with van der Waals surface area (Å²) in [5.41, 5.74) is 5.77. The highest BCUT2D eigenvalue weighted by Gasteiger charge is 2.53. The lowest BCUT2D eigenvalue weighted by Crippen LogP contribution is -2.33. The van der Waals surface area contributed by atoms with Gasteiger partial charge in [0.15, 0.2) is 5.60 Å². The number of fused-ring (bicyclic) bond motifs is 6. The van der Waals surface area contributed by atoms with Gasteiger partial charge in [0, 0.05) is 57.9 Å². The average molecular weight is 523 g/mol. The molecule has 0 amide bonds. The van der Waals surface area contributed by atoms with Crippen LogP contribution in [0.2, 0.25) is 5.02 Å². The number of nitrogens with zero attached hydrogens (tertiary/aromatic N) is 1. The van der Waals surface area contributed by atoms with Gasteiger partial charge in [0.1, 0.15) is 11.5 Å². The summed E-state index contributed by atoms with van der Waals surface area (Å²) in [5.74, 6) is 0.915. The highest BCUT2D eigenvalue weighted by molar-refractivity contribution is 6.31. The summed E-state index contributed by atoms with van der Waals surface area (Å²) < 4.78 is 12.7. The molecule has 1 spiro atoms. The number of ether oxygens (including phenoxy) is 2. The molecule has 5 nitrogen and oxygen atoms in total. The van der Waals surface area contributed by atoms with Crippen LogP contribution in [0, 0.1) is 6.92 Å². The maximum atomic E-state index is 13.0. The summed E-state index contributed by atoms with van der Waals surface area (Å²) >= 11 is 6.56. The van der Waals surface area contributed by atoms with Crippen LogP contribution in [0.3, 0.4) is 0 Å². The molecule has 0 aromatic heterocycles. The molecule has 1 unspecified atom stereocenters. The van der Waals surface area contributed by atoms with E-state index in [1.165, 1.54) is 24.9 Å². The highest BCUT2D eigenvalue weighted by atomic mass is 35.5. The van der Waals surface area contributed by atoms with Crippen LogP contribution in [-0.4, -0.2) is 19.1 Å². The molecule has 0 saturated carbocycles. The van der Waals surface area contributed by atoms with Crippen LogP contribution >= 0.6 is 11.6 Å². The molecule has 190 valence electrons. The molecule has 1 atom stereocenters. The summed E-state index contributed by atoms with van der Waals surface area (Å²) in [7, 11) is 0. The molecule has 6 heteroatoms. The molecule has 1 fully saturated rings. The van der Waals surface area contributed by atoms with Gasteiger partial charge in [-0.05, 0) is 86.3 Å². The van der Waals surface area contributed by atoms with E-state index < -0.39 is 5.60 Å². The highest BCUT2D eigenvalue weighted by Crippen LogP contribution is 2.57. The molecule has 3 aliphatic heterocycles. The van der Waals surface area contributed by atoms with E-state index in [1.54, 1.807) is 6.07 Å². The van der Waals surface area contributed by atoms with Crippen molar-refractivity contribution in [2.45, 2.75) is 31.8 Å². The number of carbonyl (C=O) groups is 1. The van der Waals surface area contributed by atoms with Crippen LogP contribution in [0.1, 0.15) is 51.9 Å². The topological polar surface area (TPSA) is 50.8 Å². The quantitative estimate of drug-likeness (QED) is 0.277. The number of halogens is 1. The number of nitrogens with one attached hydrogen (secondary N) is 1. The van der Waals surface area contributed by atoms with Crippen LogP contribution in [-0.2, 0) is 10.3 Å². The van der Waals surface area contributed by atoms with E-state index in [0.29, 0.717) is 22.1 Å². The van der Waals surface area contributed by atoms with Crippen molar-refractivity contribution in [3.8, 4) is 11.5 Å². The molecule has 0 bridgehead atoms. The van der Waals surface area contributed by atoms with Crippen LogP contribution in [0.15, 0.2) is 78.9 Å². The minimum atomic E-state index is -1.12. The predicted octanol–water partition coefficient (Wildman–Crippen LogP) is 7.95. The second kappa shape index (κ2) is 8.81. The zero-order chi connectivity index (χ0) is 25.9. The molecule has 3 heterocycles. The summed E-state index contributed by atoms with van der Waals surface area (Å²) in [5, 5.41) is 4.11. The van der Waals surface area contributed by atoms with Crippen LogP contribution in [0.4, 0.5) is 17.1 Å². The molecule has 1 N–H and O–H groups in total. The van der Waals surface area contributed by atoms with Gasteiger partial charge in [-0.1, -0.05) is 29.8 Å². The molecule has 38 heavy (non-hydrogen) atoms. The first-order valence-electron chi connectivity index (χ1n) is 13.1. The average Bonchev–Trinajstić information content (AvgIpc) is 3.24. The number of esters is 1. The van der Waals surface area contributed by atoms with Gasteiger partial charge < -0.3 is 19.7 Å². The van der Waals surface area contributed by atoms with E-state index in [2.05, 4.69) is 34.5 Å². The fraction of sp³-hybridized carbons (Fsp3) is 0.219. The number of piperidine rings is 1. The van der Waals surface area contributed by atoms with E-state index in [1.807, 2.05) is 55.5 Å². The van der Waals surface area contributed by atoms with Gasteiger partial charge in [-0.2, -0.15) is 0 Å². The zero-order valence-electron chi connectivity index (χ0n) is 21.1. The third kappa shape index (κ3) is 3.57. The molecule has 4 aromatic rings. The largest absolute Gasteiger partial charge is 0.456 e. The van der Waals surface area contributed by atoms with E-state index in [9.17, 15) is 4.79 Å². The molecule has 3 aliphatic rings. The van der Waals surface area contributed by atoms with Crippen molar-refractivity contribution in [3.05, 3.63) is 112 Å². The number of benzene rings is 4. The normalized spacial score (nSPS) is 19.3. The number of hydrogen-bond donors (Lipinski definition) is 1. The molecule has 0 radical (unpaired) electrons. The Morgan fingerprint density at radius 3 is 2.37 bits per heavy atom. The number of aryl methyl sites for hydroxylation is 1. The van der Waals surface area contributed by atoms with Gasteiger partial charge in [0.2, 0.25) is 0 Å². The van der Waals surface area contributed by atoms with Crippen molar-refractivity contribution in [1.29, 1.82) is 0 Å². The molecule has 0 aliphatic carbocycles. The first kappa shape index (κ1) is 23.2. The fourth-order valence-corrected chi connectivity index (χ4v) is 6.11. The summed E-state index contributed by atoms with van der Waals surface area (Å²) in [4.78, 5) is 15.5. The molecular weight excluding hydrogens is 496 g/mol. The van der Waals surface area contributed by atoms with Crippen LogP contribution in [0.25, 0.3) is 0 Å². The minimum absolute atomic E-state index is 0.355. The van der Waals surface area contributed by atoms with Crippen molar-refractivity contribution >= 4 is 34.6 Å². The Balaban J connectivity index is 1.28. The maximum Gasteiger partial charge on any atom is 0.340 e. The first-order chi connectivity index (χ1) is 18.5. The number of anilines is 3. The van der Waals surface area contributed by atoms with E-state index in [4.69, 9.17) is 21.1 Å². The molecule has 7 rings (SSSR count). The Bertz CT molecular complexity index is 1580. The SMILES string of the molecule is Cc1cc2c(cc1Cl)C1(OC(=O)c3ccccc31)c1ccc(Nc3ccc(N4CCCCC4)cc3)cc1O2. The van der Waals surface area contributed by atoms with Crippen LogP contribution < -0.4 is 15.0 Å². The van der Waals surface area contributed by atoms with Crippen molar-refractivity contribution in [1.82, 2.24) is 0 Å². The van der Waals surface area contributed by atoms with Gasteiger partial charge >= 0.3 is 5.97 Å². The fourth-order valence-electron chi connectivity index (χ4n) is 5.95. The Morgan fingerprint density at radius 2 is 1.55 bits per heavy atom. The summed E-state index contributed by atoms with van der Waals surface area (Å²) in [6.45, 7) is 4.18. The standard InChI is InChI=1S/C32H27ClN2O3/c1-20-17-29-27(19-28(20)33)32(25-8-4-3-7-24(25)31(36)38-32)26-14-11-22(18-30(26)37-29)34-21-9-12-23(13-10-21)35-15-5-2-6-16-35/h3-4,7-14,17-19,34H,2,5-6,15-16H2,1H3. The Hall–Kier alpha value is -3.96. The third-order valence-electron chi connectivity index (χ3n) is 7.87. The molecular formula is C32H27ClN2O3. The monoisotopic (exact) mass is 522 g/mol. The number of hydrogen-bond acceptors (Lipinski definition) is 5.